The highest BCUT2D eigenvalue weighted by Gasteiger charge is 2.50. The largest absolute Gasteiger partial charge is 0.352 e. The van der Waals surface area contributed by atoms with Gasteiger partial charge in [-0.3, -0.25) is 14.0 Å². The molecule has 0 radical (unpaired) electrons. The second-order valence-electron chi connectivity index (χ2n) is 11.3. The lowest BCUT2D eigenvalue weighted by atomic mass is 9.49. The van der Waals surface area contributed by atoms with Crippen LogP contribution in [0.15, 0.2) is 24.4 Å². The summed E-state index contributed by atoms with van der Waals surface area (Å²) in [7, 11) is 0. The Morgan fingerprint density at radius 2 is 1.88 bits per heavy atom. The third-order valence-corrected chi connectivity index (χ3v) is 8.57. The van der Waals surface area contributed by atoms with Crippen LogP contribution in [0.25, 0.3) is 5.65 Å². The van der Waals surface area contributed by atoms with Gasteiger partial charge < -0.3 is 16.0 Å². The molecule has 5 fully saturated rings. The second-order valence-corrected chi connectivity index (χ2v) is 11.3. The average Bonchev–Trinajstić information content (AvgIpc) is 3.19. The Hall–Kier alpha value is -2.41. The van der Waals surface area contributed by atoms with E-state index in [-0.39, 0.29) is 24.3 Å². The lowest BCUT2D eigenvalue weighted by Crippen LogP contribution is -2.51. The number of rotatable bonds is 6. The molecule has 2 amide bonds. The molecular weight excluding hydrogens is 414 g/mol. The Bertz CT molecular complexity index is 1020. The van der Waals surface area contributed by atoms with Crippen LogP contribution in [-0.2, 0) is 11.2 Å². The number of nitrogens with one attached hydrogen (secondary N) is 3. The molecule has 1 aliphatic heterocycles. The van der Waals surface area contributed by atoms with Gasteiger partial charge in [-0.05, 0) is 93.2 Å². The SMILES string of the molecule is O=C(Cc1cn2c(C(=O)NCC34CC5CC(CC(C5)C3)C4)cccc2n1)N[C@H]1CCCNC1. The van der Waals surface area contributed by atoms with Crippen LogP contribution in [-0.4, -0.2) is 46.9 Å². The molecule has 0 unspecified atom stereocenters. The van der Waals surface area contributed by atoms with E-state index in [0.29, 0.717) is 22.5 Å². The van der Waals surface area contributed by atoms with Gasteiger partial charge in [-0.15, -0.1) is 0 Å². The summed E-state index contributed by atoms with van der Waals surface area (Å²) in [6, 6.07) is 5.80. The van der Waals surface area contributed by atoms with Crippen molar-refractivity contribution in [1.82, 2.24) is 25.3 Å². The summed E-state index contributed by atoms with van der Waals surface area (Å²) in [6.07, 6.45) is 12.2. The van der Waals surface area contributed by atoms with Crippen LogP contribution in [0.5, 0.6) is 0 Å². The molecule has 3 N–H and O–H groups in total. The summed E-state index contributed by atoms with van der Waals surface area (Å²) >= 11 is 0. The third kappa shape index (κ3) is 4.27. The van der Waals surface area contributed by atoms with Gasteiger partial charge in [-0.2, -0.15) is 0 Å². The lowest BCUT2D eigenvalue weighted by molar-refractivity contribution is -0.121. The number of nitrogens with zero attached hydrogens (tertiary/aromatic N) is 2. The van der Waals surface area contributed by atoms with E-state index in [1.807, 2.05) is 28.8 Å². The van der Waals surface area contributed by atoms with Gasteiger partial charge in [0.2, 0.25) is 5.91 Å². The van der Waals surface area contributed by atoms with Gasteiger partial charge in [0.25, 0.3) is 5.91 Å². The van der Waals surface area contributed by atoms with Gasteiger partial charge in [0.15, 0.2) is 0 Å². The number of pyridine rings is 1. The zero-order chi connectivity index (χ0) is 22.4. The minimum atomic E-state index is -0.0435. The maximum Gasteiger partial charge on any atom is 0.268 e. The molecule has 176 valence electrons. The fraction of sp³-hybridized carbons (Fsp3) is 0.654. The summed E-state index contributed by atoms with van der Waals surface area (Å²) in [6.45, 7) is 2.63. The number of piperidine rings is 1. The molecule has 1 saturated heterocycles. The molecule has 1 atom stereocenters. The monoisotopic (exact) mass is 449 g/mol. The Morgan fingerprint density at radius 1 is 1.12 bits per heavy atom. The summed E-state index contributed by atoms with van der Waals surface area (Å²) in [5, 5.41) is 9.70. The number of hydrogen-bond donors (Lipinski definition) is 3. The number of carbonyl (C=O) groups excluding carboxylic acids is 2. The van der Waals surface area contributed by atoms with Crippen molar-refractivity contribution >= 4 is 17.5 Å². The molecule has 0 spiro atoms. The van der Waals surface area contributed by atoms with E-state index in [1.54, 1.807) is 0 Å². The molecule has 7 rings (SSSR count). The van der Waals surface area contributed by atoms with E-state index in [2.05, 4.69) is 20.9 Å². The highest BCUT2D eigenvalue weighted by atomic mass is 16.2. The average molecular weight is 450 g/mol. The molecule has 3 heterocycles. The summed E-state index contributed by atoms with van der Waals surface area (Å²) in [5.41, 5.74) is 2.30. The van der Waals surface area contributed by atoms with Crippen LogP contribution in [0.4, 0.5) is 0 Å². The van der Waals surface area contributed by atoms with Crippen molar-refractivity contribution in [3.8, 4) is 0 Å². The summed E-state index contributed by atoms with van der Waals surface area (Å²) in [4.78, 5) is 30.3. The molecule has 7 nitrogen and oxygen atoms in total. The first-order valence-corrected chi connectivity index (χ1v) is 12.8. The topological polar surface area (TPSA) is 87.5 Å². The Morgan fingerprint density at radius 3 is 2.58 bits per heavy atom. The van der Waals surface area contributed by atoms with Crippen molar-refractivity contribution < 1.29 is 9.59 Å². The molecule has 7 heteroatoms. The summed E-state index contributed by atoms with van der Waals surface area (Å²) in [5.74, 6) is 2.58. The minimum Gasteiger partial charge on any atom is -0.352 e. The third-order valence-electron chi connectivity index (χ3n) is 8.57. The predicted molar refractivity (Wildman–Crippen MR) is 126 cm³/mol. The lowest BCUT2D eigenvalue weighted by Gasteiger charge is -2.56. The van der Waals surface area contributed by atoms with E-state index in [9.17, 15) is 9.59 Å². The van der Waals surface area contributed by atoms with E-state index in [0.717, 1.165) is 50.2 Å². The van der Waals surface area contributed by atoms with E-state index >= 15 is 0 Å². The van der Waals surface area contributed by atoms with Crippen molar-refractivity contribution in [3.63, 3.8) is 0 Å². The maximum atomic E-state index is 13.2. The fourth-order valence-electron chi connectivity index (χ4n) is 7.61. The number of fused-ring (bicyclic) bond motifs is 1. The maximum absolute atomic E-state index is 13.2. The first kappa shape index (κ1) is 21.1. The number of aromatic nitrogens is 2. The highest BCUT2D eigenvalue weighted by molar-refractivity contribution is 5.93. The van der Waals surface area contributed by atoms with Crippen molar-refractivity contribution in [1.29, 1.82) is 0 Å². The zero-order valence-corrected chi connectivity index (χ0v) is 19.3. The van der Waals surface area contributed by atoms with Gasteiger partial charge in [0.05, 0.1) is 12.1 Å². The van der Waals surface area contributed by atoms with Crippen LogP contribution in [0.1, 0.15) is 67.5 Å². The van der Waals surface area contributed by atoms with Gasteiger partial charge in [0.1, 0.15) is 11.3 Å². The molecule has 2 aromatic heterocycles. The normalized spacial score (nSPS) is 32.7. The number of amides is 2. The number of carbonyl (C=O) groups is 2. The molecule has 5 aliphatic rings. The molecule has 0 aromatic carbocycles. The van der Waals surface area contributed by atoms with E-state index in [4.69, 9.17) is 0 Å². The predicted octanol–water partition coefficient (Wildman–Crippen LogP) is 2.69. The van der Waals surface area contributed by atoms with Crippen LogP contribution < -0.4 is 16.0 Å². The van der Waals surface area contributed by atoms with E-state index < -0.39 is 0 Å². The van der Waals surface area contributed by atoms with Crippen LogP contribution in [0, 0.1) is 23.2 Å². The number of hydrogen-bond acceptors (Lipinski definition) is 4. The molecule has 4 bridgehead atoms. The Balaban J connectivity index is 1.12. The van der Waals surface area contributed by atoms with Crippen molar-refractivity contribution in [2.75, 3.05) is 19.6 Å². The minimum absolute atomic E-state index is 0.0140. The number of imidazole rings is 1. The molecule has 4 saturated carbocycles. The smallest absolute Gasteiger partial charge is 0.268 e. The second kappa shape index (κ2) is 8.42. The molecule has 2 aromatic rings. The van der Waals surface area contributed by atoms with Crippen LogP contribution >= 0.6 is 0 Å². The van der Waals surface area contributed by atoms with Crippen molar-refractivity contribution in [3.05, 3.63) is 35.8 Å². The summed E-state index contributed by atoms with van der Waals surface area (Å²) < 4.78 is 1.83. The molecular formula is C26H35N5O2. The Labute approximate surface area is 195 Å². The van der Waals surface area contributed by atoms with Gasteiger partial charge in [-0.25, -0.2) is 4.98 Å². The van der Waals surface area contributed by atoms with Crippen molar-refractivity contribution in [2.24, 2.45) is 23.2 Å². The highest BCUT2D eigenvalue weighted by Crippen LogP contribution is 2.59. The Kier molecular flexibility index (Phi) is 5.40. The molecule has 33 heavy (non-hydrogen) atoms. The van der Waals surface area contributed by atoms with Crippen LogP contribution in [0.2, 0.25) is 0 Å². The van der Waals surface area contributed by atoms with Crippen molar-refractivity contribution in [2.45, 2.75) is 63.8 Å². The standard InChI is InChI=1S/C26H35N5O2/c32-24(30-20-3-2-6-27-14-20)10-21-15-31-22(4-1-5-23(31)29-21)25(33)28-16-26-11-17-7-18(12-26)9-19(8-17)13-26/h1,4-5,15,17-20,27H,2-3,6-14,16H2,(H,28,33)(H,30,32)/t17?,18?,19?,20-,26?/m0/s1. The van der Waals surface area contributed by atoms with Gasteiger partial charge in [0, 0.05) is 25.3 Å². The first-order chi connectivity index (χ1) is 16.1. The van der Waals surface area contributed by atoms with Gasteiger partial charge >= 0.3 is 0 Å². The first-order valence-electron chi connectivity index (χ1n) is 12.8. The van der Waals surface area contributed by atoms with Gasteiger partial charge in [-0.1, -0.05) is 6.07 Å². The zero-order valence-electron chi connectivity index (χ0n) is 19.3. The quantitative estimate of drug-likeness (QED) is 0.633. The van der Waals surface area contributed by atoms with Crippen LogP contribution in [0.3, 0.4) is 0 Å². The molecule has 4 aliphatic carbocycles. The van der Waals surface area contributed by atoms with E-state index in [1.165, 1.54) is 38.5 Å². The fourth-order valence-corrected chi connectivity index (χ4v) is 7.61.